The summed E-state index contributed by atoms with van der Waals surface area (Å²) in [7, 11) is 0. The van der Waals surface area contributed by atoms with Crippen molar-refractivity contribution in [2.45, 2.75) is 24.9 Å². The average molecular weight is 515 g/mol. The lowest BCUT2D eigenvalue weighted by molar-refractivity contribution is -0.154. The number of nitrogens with zero attached hydrogens (tertiary/aromatic N) is 1. The summed E-state index contributed by atoms with van der Waals surface area (Å²) in [4.78, 5) is 54.0. The Kier molecular flexibility index (Phi) is 6.46. The standard InChI is InChI=1S/C29H26N2O7/c1-2-38-28(37)29(16-17-8-14-21(32)15-9-17)23-22(24(30-29)18-6-4-3-5-7-18)25(33)31(26(23)34)20-12-10-19(11-13-20)27(35)36/h3-15,22-24,30,32H,2,16H2,1H3,(H,35,36)/t22-,23-,24-,29-/m0/s1. The molecule has 4 atom stereocenters. The highest BCUT2D eigenvalue weighted by molar-refractivity contribution is 6.24. The van der Waals surface area contributed by atoms with Crippen LogP contribution in [0.4, 0.5) is 5.69 Å². The number of rotatable bonds is 7. The number of anilines is 1. The highest BCUT2D eigenvalue weighted by Gasteiger charge is 2.69. The van der Waals surface area contributed by atoms with E-state index in [-0.39, 0.29) is 30.0 Å². The normalized spacial score (nSPS) is 24.3. The first-order valence-electron chi connectivity index (χ1n) is 12.3. The van der Waals surface area contributed by atoms with Gasteiger partial charge in [0.05, 0.1) is 29.7 Å². The van der Waals surface area contributed by atoms with E-state index in [0.717, 1.165) is 10.5 Å². The number of phenols is 1. The number of carbonyl (C=O) groups excluding carboxylic acids is 3. The quantitative estimate of drug-likeness (QED) is 0.324. The zero-order chi connectivity index (χ0) is 27.0. The van der Waals surface area contributed by atoms with Gasteiger partial charge in [0.15, 0.2) is 0 Å². The Morgan fingerprint density at radius 1 is 0.947 bits per heavy atom. The predicted octanol–water partition coefficient (Wildman–Crippen LogP) is 3.09. The minimum atomic E-state index is -1.57. The first kappa shape index (κ1) is 25.2. The van der Waals surface area contributed by atoms with Crippen LogP contribution in [0.3, 0.4) is 0 Å². The van der Waals surface area contributed by atoms with Crippen molar-refractivity contribution in [2.75, 3.05) is 11.5 Å². The molecule has 0 unspecified atom stereocenters. The number of aromatic hydroxyl groups is 1. The van der Waals surface area contributed by atoms with Gasteiger partial charge in [0.25, 0.3) is 0 Å². The summed E-state index contributed by atoms with van der Waals surface area (Å²) in [6.45, 7) is 1.75. The number of phenolic OH excluding ortho intramolecular Hbond substituents is 1. The summed E-state index contributed by atoms with van der Waals surface area (Å²) in [6, 6.07) is 20.3. The van der Waals surface area contributed by atoms with E-state index in [9.17, 15) is 29.4 Å². The Labute approximate surface area is 218 Å². The van der Waals surface area contributed by atoms with E-state index in [1.54, 1.807) is 19.1 Å². The molecule has 2 amide bonds. The van der Waals surface area contributed by atoms with Crippen LogP contribution in [0.2, 0.25) is 0 Å². The lowest BCUT2D eigenvalue weighted by atomic mass is 9.76. The van der Waals surface area contributed by atoms with Crippen LogP contribution in [0.15, 0.2) is 78.9 Å². The van der Waals surface area contributed by atoms with Crippen LogP contribution in [0.25, 0.3) is 0 Å². The molecule has 0 radical (unpaired) electrons. The number of carboxylic acids is 1. The number of imide groups is 1. The van der Waals surface area contributed by atoms with Gasteiger partial charge in [-0.2, -0.15) is 0 Å². The molecule has 3 aromatic carbocycles. The van der Waals surface area contributed by atoms with Crippen LogP contribution < -0.4 is 10.2 Å². The summed E-state index contributed by atoms with van der Waals surface area (Å²) >= 11 is 0. The lowest BCUT2D eigenvalue weighted by Gasteiger charge is -2.33. The second kappa shape index (κ2) is 9.75. The molecule has 2 aliphatic rings. The molecule has 5 rings (SSSR count). The third-order valence-corrected chi connectivity index (χ3v) is 7.24. The summed E-state index contributed by atoms with van der Waals surface area (Å²) in [6.07, 6.45) is 0.0431. The highest BCUT2D eigenvalue weighted by Crippen LogP contribution is 2.51. The zero-order valence-corrected chi connectivity index (χ0v) is 20.5. The van der Waals surface area contributed by atoms with Crippen LogP contribution in [-0.2, 0) is 25.5 Å². The molecule has 0 bridgehead atoms. The van der Waals surface area contributed by atoms with Crippen LogP contribution in [0.5, 0.6) is 5.75 Å². The number of carbonyl (C=O) groups is 4. The minimum absolute atomic E-state index is 0.0186. The van der Waals surface area contributed by atoms with Crippen molar-refractivity contribution in [1.82, 2.24) is 5.32 Å². The molecule has 2 fully saturated rings. The second-order valence-electron chi connectivity index (χ2n) is 9.44. The number of benzene rings is 3. The number of hydrogen-bond acceptors (Lipinski definition) is 7. The molecule has 0 spiro atoms. The van der Waals surface area contributed by atoms with Crippen molar-refractivity contribution < 1.29 is 34.1 Å². The third kappa shape index (κ3) is 4.10. The average Bonchev–Trinajstić information content (AvgIpc) is 3.40. The number of amides is 2. The van der Waals surface area contributed by atoms with E-state index in [4.69, 9.17) is 4.74 Å². The number of fused-ring (bicyclic) bond motifs is 1. The third-order valence-electron chi connectivity index (χ3n) is 7.24. The van der Waals surface area contributed by atoms with E-state index in [1.807, 2.05) is 30.3 Å². The van der Waals surface area contributed by atoms with E-state index in [0.29, 0.717) is 5.56 Å². The number of esters is 1. The van der Waals surface area contributed by atoms with Crippen molar-refractivity contribution >= 4 is 29.4 Å². The topological polar surface area (TPSA) is 133 Å². The van der Waals surface area contributed by atoms with Crippen LogP contribution in [0, 0.1) is 11.8 Å². The first-order valence-corrected chi connectivity index (χ1v) is 12.3. The molecule has 2 saturated heterocycles. The lowest BCUT2D eigenvalue weighted by Crippen LogP contribution is -2.58. The molecule has 0 saturated carbocycles. The van der Waals surface area contributed by atoms with Crippen molar-refractivity contribution in [3.63, 3.8) is 0 Å². The van der Waals surface area contributed by atoms with Gasteiger partial charge in [0.2, 0.25) is 11.8 Å². The van der Waals surface area contributed by atoms with Gasteiger partial charge in [0, 0.05) is 12.5 Å². The minimum Gasteiger partial charge on any atom is -0.508 e. The number of aromatic carboxylic acids is 1. The SMILES string of the molecule is CCOC(=O)[C@@]1(Cc2ccc(O)cc2)N[C@@H](c2ccccc2)[C@H]2C(=O)N(c3ccc(C(=O)O)cc3)C(=O)[C@H]21. The molecule has 9 nitrogen and oxygen atoms in total. The summed E-state index contributed by atoms with van der Waals surface area (Å²) in [5.74, 6) is -4.77. The largest absolute Gasteiger partial charge is 0.508 e. The predicted molar refractivity (Wildman–Crippen MR) is 136 cm³/mol. The van der Waals surface area contributed by atoms with E-state index in [2.05, 4.69) is 5.32 Å². The van der Waals surface area contributed by atoms with Crippen molar-refractivity contribution in [1.29, 1.82) is 0 Å². The van der Waals surface area contributed by atoms with Gasteiger partial charge in [-0.1, -0.05) is 42.5 Å². The van der Waals surface area contributed by atoms with Gasteiger partial charge < -0.3 is 14.9 Å². The van der Waals surface area contributed by atoms with Crippen molar-refractivity contribution in [3.8, 4) is 5.75 Å². The molecule has 38 heavy (non-hydrogen) atoms. The first-order chi connectivity index (χ1) is 18.3. The van der Waals surface area contributed by atoms with Crippen LogP contribution in [0.1, 0.15) is 34.5 Å². The Morgan fingerprint density at radius 3 is 2.21 bits per heavy atom. The molecule has 3 N–H and O–H groups in total. The molecule has 2 aliphatic heterocycles. The van der Waals surface area contributed by atoms with Gasteiger partial charge in [0.1, 0.15) is 11.3 Å². The van der Waals surface area contributed by atoms with Gasteiger partial charge in [-0.15, -0.1) is 0 Å². The molecular weight excluding hydrogens is 488 g/mol. The molecule has 0 aromatic heterocycles. The second-order valence-corrected chi connectivity index (χ2v) is 9.44. The van der Waals surface area contributed by atoms with Crippen molar-refractivity contribution in [2.24, 2.45) is 11.8 Å². The van der Waals surface area contributed by atoms with Crippen LogP contribution >= 0.6 is 0 Å². The van der Waals surface area contributed by atoms with Crippen LogP contribution in [-0.4, -0.2) is 46.1 Å². The molecular formula is C29H26N2O7. The molecule has 2 heterocycles. The van der Waals surface area contributed by atoms with Crippen molar-refractivity contribution in [3.05, 3.63) is 95.6 Å². The van der Waals surface area contributed by atoms with Gasteiger partial charge in [-0.25, -0.2) is 9.69 Å². The summed E-state index contributed by atoms with van der Waals surface area (Å²) < 4.78 is 5.49. The maximum atomic E-state index is 14.1. The Morgan fingerprint density at radius 2 is 1.61 bits per heavy atom. The van der Waals surface area contributed by atoms with E-state index in [1.165, 1.54) is 36.4 Å². The number of nitrogens with one attached hydrogen (secondary N) is 1. The fraction of sp³-hybridized carbons (Fsp3) is 0.241. The smallest absolute Gasteiger partial charge is 0.335 e. The number of carboxylic acid groups (broad SMARTS) is 1. The molecule has 194 valence electrons. The number of ether oxygens (including phenoxy) is 1. The number of hydrogen-bond donors (Lipinski definition) is 3. The fourth-order valence-corrected chi connectivity index (χ4v) is 5.58. The van der Waals surface area contributed by atoms with E-state index < -0.39 is 47.2 Å². The zero-order valence-electron chi connectivity index (χ0n) is 20.5. The summed E-state index contributed by atoms with van der Waals surface area (Å²) in [5.41, 5.74) is 0.0864. The van der Waals surface area contributed by atoms with E-state index >= 15 is 0 Å². The van der Waals surface area contributed by atoms with Gasteiger partial charge in [-0.05, 0) is 54.4 Å². The maximum Gasteiger partial charge on any atom is 0.335 e. The van der Waals surface area contributed by atoms with Gasteiger partial charge in [-0.3, -0.25) is 19.7 Å². The van der Waals surface area contributed by atoms with Gasteiger partial charge >= 0.3 is 11.9 Å². The highest BCUT2D eigenvalue weighted by atomic mass is 16.5. The fourth-order valence-electron chi connectivity index (χ4n) is 5.58. The monoisotopic (exact) mass is 514 g/mol. The Hall–Kier alpha value is -4.50. The maximum absolute atomic E-state index is 14.1. The Balaban J connectivity index is 1.65. The molecule has 0 aliphatic carbocycles. The molecule has 3 aromatic rings. The summed E-state index contributed by atoms with van der Waals surface area (Å²) in [5, 5.41) is 22.4. The molecule has 9 heteroatoms. The Bertz CT molecular complexity index is 1390.